The van der Waals surface area contributed by atoms with Crippen molar-refractivity contribution in [2.45, 2.75) is 31.3 Å². The molecule has 1 N–H and O–H groups in total. The first-order chi connectivity index (χ1) is 8.08. The molecule has 0 aliphatic heterocycles. The van der Waals surface area contributed by atoms with Gasteiger partial charge in [0, 0.05) is 17.5 Å². The van der Waals surface area contributed by atoms with Crippen molar-refractivity contribution in [3.05, 3.63) is 29.8 Å². The van der Waals surface area contributed by atoms with E-state index in [1.54, 1.807) is 11.8 Å². The zero-order valence-electron chi connectivity index (χ0n) is 11.2. The Hall–Kier alpha value is -0.510. The second-order valence-corrected chi connectivity index (χ2v) is 5.64. The zero-order valence-corrected chi connectivity index (χ0v) is 12.0. The van der Waals surface area contributed by atoms with Crippen molar-refractivity contribution in [3.63, 3.8) is 0 Å². The number of rotatable bonds is 6. The highest BCUT2D eigenvalue weighted by Crippen LogP contribution is 2.17. The number of aliphatic hydroxyl groups is 1. The van der Waals surface area contributed by atoms with E-state index in [-0.39, 0.29) is 12.6 Å². The third-order valence-corrected chi connectivity index (χ3v) is 3.86. The summed E-state index contributed by atoms with van der Waals surface area (Å²) in [7, 11) is 2.07. The second-order valence-electron chi connectivity index (χ2n) is 4.76. The summed E-state index contributed by atoms with van der Waals surface area (Å²) in [6.45, 7) is 5.40. The molecule has 2 nitrogen and oxygen atoms in total. The number of hydrogen-bond acceptors (Lipinski definition) is 3. The molecule has 0 radical (unpaired) electrons. The Labute approximate surface area is 109 Å². The van der Waals surface area contributed by atoms with Gasteiger partial charge in [0.2, 0.25) is 0 Å². The minimum Gasteiger partial charge on any atom is -0.395 e. The fourth-order valence-corrected chi connectivity index (χ4v) is 2.40. The van der Waals surface area contributed by atoms with Crippen LogP contribution in [0, 0.1) is 5.92 Å². The van der Waals surface area contributed by atoms with Gasteiger partial charge in [0.15, 0.2) is 0 Å². The van der Waals surface area contributed by atoms with E-state index in [1.807, 2.05) is 0 Å². The molecule has 0 aliphatic carbocycles. The molecule has 96 valence electrons. The van der Waals surface area contributed by atoms with Crippen molar-refractivity contribution in [2.24, 2.45) is 5.92 Å². The largest absolute Gasteiger partial charge is 0.395 e. The van der Waals surface area contributed by atoms with E-state index in [0.29, 0.717) is 5.92 Å². The van der Waals surface area contributed by atoms with E-state index in [9.17, 15) is 5.11 Å². The van der Waals surface area contributed by atoms with Gasteiger partial charge in [0.05, 0.1) is 6.61 Å². The van der Waals surface area contributed by atoms with E-state index in [1.165, 1.54) is 10.5 Å². The van der Waals surface area contributed by atoms with Crippen LogP contribution in [0.3, 0.4) is 0 Å². The van der Waals surface area contributed by atoms with Crippen LogP contribution >= 0.6 is 11.8 Å². The van der Waals surface area contributed by atoms with Crippen LogP contribution in [0.1, 0.15) is 19.4 Å². The van der Waals surface area contributed by atoms with Crippen LogP contribution in [0.15, 0.2) is 29.2 Å². The Kier molecular flexibility index (Phi) is 6.03. The third kappa shape index (κ3) is 4.34. The Morgan fingerprint density at radius 1 is 1.24 bits per heavy atom. The highest BCUT2D eigenvalue weighted by Gasteiger charge is 2.17. The molecule has 0 bridgehead atoms. The van der Waals surface area contributed by atoms with E-state index in [0.717, 1.165) is 6.54 Å². The van der Waals surface area contributed by atoms with Gasteiger partial charge in [0.25, 0.3) is 0 Å². The van der Waals surface area contributed by atoms with Gasteiger partial charge in [-0.1, -0.05) is 26.0 Å². The molecule has 0 fully saturated rings. The first-order valence-corrected chi connectivity index (χ1v) is 7.25. The molecular formula is C14H23NOS. The summed E-state index contributed by atoms with van der Waals surface area (Å²) in [5.41, 5.74) is 1.30. The van der Waals surface area contributed by atoms with Crippen molar-refractivity contribution in [1.29, 1.82) is 0 Å². The molecule has 0 aliphatic rings. The molecule has 1 unspecified atom stereocenters. The van der Waals surface area contributed by atoms with Gasteiger partial charge in [-0.05, 0) is 36.9 Å². The van der Waals surface area contributed by atoms with Gasteiger partial charge in [-0.2, -0.15) is 0 Å². The number of benzene rings is 1. The number of aliphatic hydroxyl groups excluding tert-OH is 1. The van der Waals surface area contributed by atoms with E-state index in [4.69, 9.17) is 0 Å². The lowest BCUT2D eigenvalue weighted by atomic mass is 10.0. The minimum absolute atomic E-state index is 0.219. The van der Waals surface area contributed by atoms with Crippen LogP contribution in [0.4, 0.5) is 0 Å². The van der Waals surface area contributed by atoms with Crippen molar-refractivity contribution < 1.29 is 5.11 Å². The monoisotopic (exact) mass is 253 g/mol. The van der Waals surface area contributed by atoms with E-state index >= 15 is 0 Å². The average molecular weight is 253 g/mol. The summed E-state index contributed by atoms with van der Waals surface area (Å²) in [5, 5.41) is 9.38. The summed E-state index contributed by atoms with van der Waals surface area (Å²) < 4.78 is 0. The van der Waals surface area contributed by atoms with Crippen molar-refractivity contribution >= 4 is 11.8 Å². The summed E-state index contributed by atoms with van der Waals surface area (Å²) in [6, 6.07) is 8.86. The van der Waals surface area contributed by atoms with Crippen LogP contribution < -0.4 is 0 Å². The summed E-state index contributed by atoms with van der Waals surface area (Å²) >= 11 is 1.76. The average Bonchev–Trinajstić information content (AvgIpc) is 2.30. The maximum absolute atomic E-state index is 9.38. The highest BCUT2D eigenvalue weighted by molar-refractivity contribution is 7.98. The van der Waals surface area contributed by atoms with Crippen LogP contribution in [0.2, 0.25) is 0 Å². The standard InChI is InChI=1S/C14H23NOS/c1-11(2)14(10-16)15(3)9-12-5-7-13(17-4)8-6-12/h5-8,11,14,16H,9-10H2,1-4H3. The van der Waals surface area contributed by atoms with Gasteiger partial charge in [0.1, 0.15) is 0 Å². The highest BCUT2D eigenvalue weighted by atomic mass is 32.2. The zero-order chi connectivity index (χ0) is 12.8. The minimum atomic E-state index is 0.219. The molecule has 0 aromatic heterocycles. The molecule has 0 saturated carbocycles. The number of thioether (sulfide) groups is 1. The summed E-state index contributed by atoms with van der Waals surface area (Å²) in [5.74, 6) is 0.468. The maximum Gasteiger partial charge on any atom is 0.0589 e. The summed E-state index contributed by atoms with van der Waals surface area (Å²) in [4.78, 5) is 3.51. The van der Waals surface area contributed by atoms with Crippen LogP contribution in [0.25, 0.3) is 0 Å². The molecule has 1 atom stereocenters. The van der Waals surface area contributed by atoms with Crippen molar-refractivity contribution in [3.8, 4) is 0 Å². The number of nitrogens with zero attached hydrogens (tertiary/aromatic N) is 1. The molecule has 1 rings (SSSR count). The smallest absolute Gasteiger partial charge is 0.0589 e. The molecule has 0 heterocycles. The Morgan fingerprint density at radius 3 is 2.24 bits per heavy atom. The lowest BCUT2D eigenvalue weighted by Gasteiger charge is -2.29. The Morgan fingerprint density at radius 2 is 1.82 bits per heavy atom. The van der Waals surface area contributed by atoms with Crippen molar-refractivity contribution in [2.75, 3.05) is 19.9 Å². The molecule has 1 aromatic rings. The Balaban J connectivity index is 2.63. The molecule has 3 heteroatoms. The normalized spacial score (nSPS) is 13.4. The lowest BCUT2D eigenvalue weighted by Crippen LogP contribution is -2.38. The van der Waals surface area contributed by atoms with Crippen LogP contribution in [0.5, 0.6) is 0 Å². The topological polar surface area (TPSA) is 23.5 Å². The van der Waals surface area contributed by atoms with Gasteiger partial charge in [-0.15, -0.1) is 11.8 Å². The molecule has 17 heavy (non-hydrogen) atoms. The predicted octanol–water partition coefficient (Wildman–Crippen LogP) is 2.86. The molecule has 0 amide bonds. The van der Waals surface area contributed by atoms with Crippen molar-refractivity contribution in [1.82, 2.24) is 4.90 Å². The summed E-state index contributed by atoms with van der Waals surface area (Å²) in [6.07, 6.45) is 2.09. The quantitative estimate of drug-likeness (QED) is 0.789. The molecular weight excluding hydrogens is 230 g/mol. The lowest BCUT2D eigenvalue weighted by molar-refractivity contribution is 0.108. The predicted molar refractivity (Wildman–Crippen MR) is 75.4 cm³/mol. The van der Waals surface area contributed by atoms with Gasteiger partial charge in [-0.3, -0.25) is 4.90 Å². The van der Waals surface area contributed by atoms with E-state index < -0.39 is 0 Å². The van der Waals surface area contributed by atoms with E-state index in [2.05, 4.69) is 56.3 Å². The number of likely N-dealkylation sites (N-methyl/N-ethyl adjacent to an activating group) is 1. The molecule has 1 aromatic carbocycles. The second kappa shape index (κ2) is 7.04. The first-order valence-electron chi connectivity index (χ1n) is 6.02. The SMILES string of the molecule is CSc1ccc(CN(C)C(CO)C(C)C)cc1. The van der Waals surface area contributed by atoms with Gasteiger partial charge in [-0.25, -0.2) is 0 Å². The fourth-order valence-electron chi connectivity index (χ4n) is 2.00. The third-order valence-electron chi connectivity index (χ3n) is 3.11. The first kappa shape index (κ1) is 14.6. The fraction of sp³-hybridized carbons (Fsp3) is 0.571. The van der Waals surface area contributed by atoms with Crippen LogP contribution in [-0.4, -0.2) is 36.0 Å². The maximum atomic E-state index is 9.38. The Bertz CT molecular complexity index is 323. The van der Waals surface area contributed by atoms with Crippen LogP contribution in [-0.2, 0) is 6.54 Å². The van der Waals surface area contributed by atoms with Gasteiger partial charge >= 0.3 is 0 Å². The molecule has 0 saturated heterocycles. The van der Waals surface area contributed by atoms with Gasteiger partial charge < -0.3 is 5.11 Å². The number of hydrogen-bond donors (Lipinski definition) is 1. The molecule has 0 spiro atoms.